The number of halogens is 1. The number of rotatable bonds is 3. The molecule has 0 aliphatic carbocycles. The minimum Gasteiger partial charge on any atom is -0.384 e. The zero-order chi connectivity index (χ0) is 14.1. The minimum atomic E-state index is 0.596. The number of pyridine rings is 1. The fraction of sp³-hybridized carbons (Fsp3) is 0.143. The minimum absolute atomic E-state index is 0.596. The summed E-state index contributed by atoms with van der Waals surface area (Å²) in [5.41, 5.74) is 6.90. The van der Waals surface area contributed by atoms with Crippen molar-refractivity contribution in [2.75, 3.05) is 11.1 Å². The van der Waals surface area contributed by atoms with Crippen molar-refractivity contribution >= 4 is 38.3 Å². The molecule has 0 radical (unpaired) electrons. The maximum Gasteiger partial charge on any atom is 0.134 e. The lowest BCUT2D eigenvalue weighted by Gasteiger charge is -2.09. The van der Waals surface area contributed by atoms with E-state index in [4.69, 9.17) is 5.73 Å². The Morgan fingerprint density at radius 3 is 2.90 bits per heavy atom. The van der Waals surface area contributed by atoms with Crippen molar-refractivity contribution in [3.8, 4) is 0 Å². The van der Waals surface area contributed by atoms with Gasteiger partial charge in [0.15, 0.2) is 0 Å². The molecule has 0 atom stereocenters. The first kappa shape index (κ1) is 12.9. The maximum atomic E-state index is 5.94. The van der Waals surface area contributed by atoms with Crippen LogP contribution in [0.3, 0.4) is 0 Å². The van der Waals surface area contributed by atoms with Crippen molar-refractivity contribution in [3.63, 3.8) is 0 Å². The van der Waals surface area contributed by atoms with Gasteiger partial charge in [-0.15, -0.1) is 0 Å². The molecule has 0 saturated heterocycles. The lowest BCUT2D eigenvalue weighted by atomic mass is 10.1. The highest BCUT2D eigenvalue weighted by molar-refractivity contribution is 9.10. The quantitative estimate of drug-likeness (QED) is 0.774. The molecule has 0 amide bonds. The number of aryl methyl sites for hydroxylation is 1. The molecule has 0 aliphatic rings. The molecule has 3 rings (SSSR count). The van der Waals surface area contributed by atoms with Gasteiger partial charge in [0.25, 0.3) is 0 Å². The predicted molar refractivity (Wildman–Crippen MR) is 84.4 cm³/mol. The van der Waals surface area contributed by atoms with Gasteiger partial charge in [-0.05, 0) is 12.1 Å². The summed E-state index contributed by atoms with van der Waals surface area (Å²) in [4.78, 5) is 4.40. The summed E-state index contributed by atoms with van der Waals surface area (Å²) < 4.78 is 2.71. The highest BCUT2D eigenvalue weighted by Gasteiger charge is 2.07. The monoisotopic (exact) mass is 331 g/mol. The van der Waals surface area contributed by atoms with Crippen LogP contribution >= 0.6 is 15.9 Å². The summed E-state index contributed by atoms with van der Waals surface area (Å²) in [6, 6.07) is 8.05. The third kappa shape index (κ3) is 2.22. The van der Waals surface area contributed by atoms with E-state index in [1.54, 1.807) is 17.1 Å². The van der Waals surface area contributed by atoms with Gasteiger partial charge in [-0.2, -0.15) is 5.10 Å². The van der Waals surface area contributed by atoms with Gasteiger partial charge in [0, 0.05) is 40.6 Å². The van der Waals surface area contributed by atoms with Crippen LogP contribution in [0.25, 0.3) is 10.8 Å². The normalized spacial score (nSPS) is 10.9. The highest BCUT2D eigenvalue weighted by Crippen LogP contribution is 2.28. The number of aromatic nitrogens is 3. The fourth-order valence-electron chi connectivity index (χ4n) is 2.12. The highest BCUT2D eigenvalue weighted by atomic mass is 79.9. The van der Waals surface area contributed by atoms with Crippen LogP contribution in [0, 0.1) is 0 Å². The first-order valence-corrected chi connectivity index (χ1v) is 6.99. The summed E-state index contributed by atoms with van der Waals surface area (Å²) in [5.74, 6) is 1.51. The lowest BCUT2D eigenvalue weighted by Crippen LogP contribution is -2.05. The van der Waals surface area contributed by atoms with Crippen molar-refractivity contribution in [1.29, 1.82) is 0 Å². The fourth-order valence-corrected chi connectivity index (χ4v) is 2.62. The van der Waals surface area contributed by atoms with Crippen molar-refractivity contribution < 1.29 is 0 Å². The molecule has 2 heterocycles. The Morgan fingerprint density at radius 2 is 2.15 bits per heavy atom. The van der Waals surface area contributed by atoms with Crippen molar-refractivity contribution in [2.45, 2.75) is 6.54 Å². The van der Waals surface area contributed by atoms with Gasteiger partial charge in [0.05, 0.1) is 6.20 Å². The number of nitrogens with zero attached hydrogens (tertiary/aromatic N) is 3. The Balaban J connectivity index is 1.92. The molecule has 0 unspecified atom stereocenters. The van der Waals surface area contributed by atoms with E-state index in [9.17, 15) is 0 Å². The molecule has 0 spiro atoms. The lowest BCUT2D eigenvalue weighted by molar-refractivity contribution is 0.778. The second-order valence-corrected chi connectivity index (χ2v) is 5.38. The van der Waals surface area contributed by atoms with Gasteiger partial charge in [0.2, 0.25) is 0 Å². The largest absolute Gasteiger partial charge is 0.384 e. The second kappa shape index (κ2) is 5.13. The van der Waals surface area contributed by atoms with Crippen LogP contribution in [0.1, 0.15) is 5.56 Å². The Labute approximate surface area is 124 Å². The summed E-state index contributed by atoms with van der Waals surface area (Å²) in [6.07, 6.45) is 3.56. The number of anilines is 2. The van der Waals surface area contributed by atoms with Crippen LogP contribution in [-0.4, -0.2) is 14.8 Å². The zero-order valence-electron chi connectivity index (χ0n) is 11.0. The predicted octanol–water partition coefficient (Wildman–Crippen LogP) is 2.93. The van der Waals surface area contributed by atoms with Crippen molar-refractivity contribution in [2.24, 2.45) is 7.05 Å². The molecule has 2 aromatic heterocycles. The molecule has 20 heavy (non-hydrogen) atoms. The van der Waals surface area contributed by atoms with E-state index < -0.39 is 0 Å². The van der Waals surface area contributed by atoms with Gasteiger partial charge >= 0.3 is 0 Å². The smallest absolute Gasteiger partial charge is 0.134 e. The first-order valence-electron chi connectivity index (χ1n) is 6.20. The topological polar surface area (TPSA) is 68.8 Å². The van der Waals surface area contributed by atoms with Gasteiger partial charge in [-0.25, -0.2) is 4.98 Å². The molecule has 0 fully saturated rings. The average molecular weight is 332 g/mol. The molecule has 3 N–H and O–H groups in total. The van der Waals surface area contributed by atoms with Crippen LogP contribution in [-0.2, 0) is 13.6 Å². The molecule has 5 nitrogen and oxygen atoms in total. The number of benzene rings is 1. The van der Waals surface area contributed by atoms with Crippen LogP contribution in [0.5, 0.6) is 0 Å². The first-order chi connectivity index (χ1) is 9.66. The SMILES string of the molecule is Cn1ncc(CNc2nccc3c(Br)cccc23)c1N. The maximum absolute atomic E-state index is 5.94. The molecule has 1 aromatic carbocycles. The summed E-state index contributed by atoms with van der Waals surface area (Å²) in [7, 11) is 1.83. The van der Waals surface area contributed by atoms with Crippen molar-refractivity contribution in [1.82, 2.24) is 14.8 Å². The third-order valence-electron chi connectivity index (χ3n) is 3.26. The van der Waals surface area contributed by atoms with E-state index in [0.29, 0.717) is 12.4 Å². The molecular formula is C14H14BrN5. The molecule has 0 saturated carbocycles. The van der Waals surface area contributed by atoms with E-state index in [0.717, 1.165) is 26.6 Å². The van der Waals surface area contributed by atoms with E-state index >= 15 is 0 Å². The molecule has 0 bridgehead atoms. The average Bonchev–Trinajstić information content (AvgIpc) is 2.77. The Kier molecular flexibility index (Phi) is 3.31. The number of hydrogen-bond donors (Lipinski definition) is 2. The number of hydrogen-bond acceptors (Lipinski definition) is 4. The molecule has 102 valence electrons. The van der Waals surface area contributed by atoms with Crippen molar-refractivity contribution in [3.05, 3.63) is 46.7 Å². The Hall–Kier alpha value is -2.08. The van der Waals surface area contributed by atoms with Gasteiger partial charge in [-0.3, -0.25) is 4.68 Å². The van der Waals surface area contributed by atoms with E-state index in [1.807, 2.05) is 31.3 Å². The van der Waals surface area contributed by atoms with E-state index in [1.165, 1.54) is 0 Å². The number of fused-ring (bicyclic) bond motifs is 1. The molecule has 0 aliphatic heterocycles. The van der Waals surface area contributed by atoms with Gasteiger partial charge in [-0.1, -0.05) is 28.1 Å². The summed E-state index contributed by atoms with van der Waals surface area (Å²) in [5, 5.41) is 9.65. The van der Waals surface area contributed by atoms with Crippen LogP contribution in [0.2, 0.25) is 0 Å². The zero-order valence-corrected chi connectivity index (χ0v) is 12.6. The van der Waals surface area contributed by atoms with Crippen LogP contribution < -0.4 is 11.1 Å². The van der Waals surface area contributed by atoms with E-state index in [2.05, 4.69) is 31.3 Å². The van der Waals surface area contributed by atoms with E-state index in [-0.39, 0.29) is 0 Å². The van der Waals surface area contributed by atoms with Crippen LogP contribution in [0.15, 0.2) is 41.1 Å². The summed E-state index contributed by atoms with van der Waals surface area (Å²) >= 11 is 3.55. The summed E-state index contributed by atoms with van der Waals surface area (Å²) in [6.45, 7) is 0.596. The Bertz CT molecular complexity index is 765. The number of nitrogens with one attached hydrogen (secondary N) is 1. The standard InChI is InChI=1S/C14H14BrN5/c1-20-13(16)9(8-19-20)7-18-14-11-3-2-4-12(15)10(11)5-6-17-14/h2-6,8H,7,16H2,1H3,(H,17,18). The number of nitrogens with two attached hydrogens (primary N) is 1. The van der Waals surface area contributed by atoms with Gasteiger partial charge < -0.3 is 11.1 Å². The molecular weight excluding hydrogens is 318 g/mol. The van der Waals surface area contributed by atoms with Crippen LogP contribution in [0.4, 0.5) is 11.6 Å². The third-order valence-corrected chi connectivity index (χ3v) is 3.96. The Morgan fingerprint density at radius 1 is 1.30 bits per heavy atom. The molecule has 3 aromatic rings. The van der Waals surface area contributed by atoms with Gasteiger partial charge in [0.1, 0.15) is 11.6 Å². The molecule has 6 heteroatoms. The number of nitrogen functional groups attached to an aromatic ring is 1. The second-order valence-electron chi connectivity index (χ2n) is 4.53.